The quantitative estimate of drug-likeness (QED) is 0.875. The van der Waals surface area contributed by atoms with Crippen LogP contribution in [0.3, 0.4) is 0 Å². The number of nitrogens with zero attached hydrogens (tertiary/aromatic N) is 2. The summed E-state index contributed by atoms with van der Waals surface area (Å²) in [4.78, 5) is 0. The van der Waals surface area contributed by atoms with Crippen LogP contribution in [-0.4, -0.2) is 16.8 Å². The second-order valence-electron chi connectivity index (χ2n) is 4.62. The van der Waals surface area contributed by atoms with Gasteiger partial charge in [0.05, 0.1) is 5.69 Å². The lowest BCUT2D eigenvalue weighted by Crippen LogP contribution is -2.04. The van der Waals surface area contributed by atoms with Gasteiger partial charge in [0, 0.05) is 24.8 Å². The zero-order chi connectivity index (χ0) is 13.0. The molecule has 0 bridgehead atoms. The second-order valence-corrected chi connectivity index (χ2v) is 4.62. The van der Waals surface area contributed by atoms with Crippen LogP contribution in [-0.2, 0) is 13.1 Å². The highest BCUT2D eigenvalue weighted by atomic mass is 15.3. The van der Waals surface area contributed by atoms with Gasteiger partial charge in [-0.1, -0.05) is 25.1 Å². The minimum atomic E-state index is 0.899. The topological polar surface area (TPSA) is 29.9 Å². The maximum atomic E-state index is 4.55. The van der Waals surface area contributed by atoms with Crippen molar-refractivity contribution in [3.8, 4) is 11.1 Å². The summed E-state index contributed by atoms with van der Waals surface area (Å²) in [6.07, 6.45) is 3.26. The molecule has 0 radical (unpaired) electrons. The van der Waals surface area contributed by atoms with E-state index in [0.717, 1.165) is 25.2 Å². The van der Waals surface area contributed by atoms with Crippen LogP contribution < -0.4 is 5.32 Å². The highest BCUT2D eigenvalue weighted by Gasteiger charge is 2.07. The van der Waals surface area contributed by atoms with Gasteiger partial charge in [-0.15, -0.1) is 0 Å². The predicted molar refractivity (Wildman–Crippen MR) is 75.5 cm³/mol. The number of nitrogens with one attached hydrogen (secondary N) is 1. The summed E-state index contributed by atoms with van der Waals surface area (Å²) >= 11 is 0. The molecule has 0 fully saturated rings. The van der Waals surface area contributed by atoms with Gasteiger partial charge in [-0.2, -0.15) is 5.10 Å². The largest absolute Gasteiger partial charge is 0.316 e. The molecule has 0 atom stereocenters. The van der Waals surface area contributed by atoms with Crippen LogP contribution in [0, 0.1) is 6.92 Å². The van der Waals surface area contributed by atoms with Gasteiger partial charge in [0.15, 0.2) is 0 Å². The molecular weight excluding hydrogens is 222 g/mol. The number of aromatic nitrogens is 2. The Morgan fingerprint density at radius 2 is 2.17 bits per heavy atom. The number of hydrogen-bond acceptors (Lipinski definition) is 2. The first-order valence-corrected chi connectivity index (χ1v) is 6.52. The van der Waals surface area contributed by atoms with Crippen LogP contribution in [0.15, 0.2) is 30.5 Å². The normalized spacial score (nSPS) is 10.8. The lowest BCUT2D eigenvalue weighted by Gasteiger charge is -2.03. The van der Waals surface area contributed by atoms with Crippen molar-refractivity contribution < 1.29 is 0 Å². The van der Waals surface area contributed by atoms with Crippen molar-refractivity contribution in [2.45, 2.75) is 33.4 Å². The van der Waals surface area contributed by atoms with Crippen LogP contribution in [0.2, 0.25) is 0 Å². The molecule has 2 aromatic rings. The van der Waals surface area contributed by atoms with E-state index >= 15 is 0 Å². The van der Waals surface area contributed by atoms with Crippen LogP contribution in [0.25, 0.3) is 11.1 Å². The smallest absolute Gasteiger partial charge is 0.0672 e. The Hall–Kier alpha value is -1.61. The molecule has 0 spiro atoms. The van der Waals surface area contributed by atoms with E-state index in [0.29, 0.717) is 0 Å². The van der Waals surface area contributed by atoms with E-state index in [1.165, 1.54) is 16.7 Å². The van der Waals surface area contributed by atoms with Crippen LogP contribution in [0.4, 0.5) is 0 Å². The van der Waals surface area contributed by atoms with Crippen molar-refractivity contribution in [3.63, 3.8) is 0 Å². The van der Waals surface area contributed by atoms with Gasteiger partial charge in [0.1, 0.15) is 0 Å². The van der Waals surface area contributed by atoms with E-state index in [-0.39, 0.29) is 0 Å². The molecule has 3 heteroatoms. The highest BCUT2D eigenvalue weighted by molar-refractivity contribution is 5.65. The zero-order valence-electron chi connectivity index (χ0n) is 11.4. The Morgan fingerprint density at radius 3 is 2.89 bits per heavy atom. The molecular formula is C15H21N3. The average Bonchev–Trinajstić information content (AvgIpc) is 2.72. The third kappa shape index (κ3) is 2.79. The molecule has 0 aliphatic heterocycles. The maximum absolute atomic E-state index is 4.55. The van der Waals surface area contributed by atoms with E-state index in [9.17, 15) is 0 Å². The SMILES string of the molecule is CCCn1cc(-c2cccc(CNC)c2)c(C)n1. The van der Waals surface area contributed by atoms with Crippen molar-refractivity contribution in [2.75, 3.05) is 7.05 Å². The molecule has 0 unspecified atom stereocenters. The fourth-order valence-electron chi connectivity index (χ4n) is 2.20. The second kappa shape index (κ2) is 5.83. The molecule has 1 heterocycles. The highest BCUT2D eigenvalue weighted by Crippen LogP contribution is 2.23. The molecule has 0 aliphatic rings. The minimum Gasteiger partial charge on any atom is -0.316 e. The molecule has 96 valence electrons. The summed E-state index contributed by atoms with van der Waals surface area (Å²) < 4.78 is 2.04. The number of benzene rings is 1. The Labute approximate surface area is 109 Å². The van der Waals surface area contributed by atoms with Gasteiger partial charge in [0.25, 0.3) is 0 Å². The third-order valence-corrected chi connectivity index (χ3v) is 3.02. The summed E-state index contributed by atoms with van der Waals surface area (Å²) in [6, 6.07) is 8.64. The van der Waals surface area contributed by atoms with Crippen molar-refractivity contribution in [2.24, 2.45) is 0 Å². The summed E-state index contributed by atoms with van der Waals surface area (Å²) in [6.45, 7) is 6.13. The van der Waals surface area contributed by atoms with Gasteiger partial charge in [0.2, 0.25) is 0 Å². The molecule has 0 amide bonds. The minimum absolute atomic E-state index is 0.899. The number of hydrogen-bond donors (Lipinski definition) is 1. The summed E-state index contributed by atoms with van der Waals surface area (Å²) in [5, 5.41) is 7.74. The Balaban J connectivity index is 2.32. The van der Waals surface area contributed by atoms with Crippen molar-refractivity contribution >= 4 is 0 Å². The fourth-order valence-corrected chi connectivity index (χ4v) is 2.20. The standard InChI is InChI=1S/C15H21N3/c1-4-8-18-11-15(12(2)17-18)14-7-5-6-13(9-14)10-16-3/h5-7,9,11,16H,4,8,10H2,1-3H3. The van der Waals surface area contributed by atoms with Crippen LogP contribution in [0.1, 0.15) is 24.6 Å². The zero-order valence-corrected chi connectivity index (χ0v) is 11.4. The average molecular weight is 243 g/mol. The van der Waals surface area contributed by atoms with Gasteiger partial charge in [-0.05, 0) is 37.6 Å². The maximum Gasteiger partial charge on any atom is 0.0672 e. The van der Waals surface area contributed by atoms with Crippen molar-refractivity contribution in [1.82, 2.24) is 15.1 Å². The summed E-state index contributed by atoms with van der Waals surface area (Å²) in [7, 11) is 1.97. The molecule has 0 saturated carbocycles. The molecule has 1 aromatic carbocycles. The van der Waals surface area contributed by atoms with Gasteiger partial charge >= 0.3 is 0 Å². The van der Waals surface area contributed by atoms with Crippen LogP contribution in [0.5, 0.6) is 0 Å². The van der Waals surface area contributed by atoms with Gasteiger partial charge in [-0.3, -0.25) is 4.68 Å². The number of aryl methyl sites for hydroxylation is 2. The van der Waals surface area contributed by atoms with E-state index in [1.807, 2.05) is 11.7 Å². The Morgan fingerprint density at radius 1 is 1.33 bits per heavy atom. The summed E-state index contributed by atoms with van der Waals surface area (Å²) in [5.74, 6) is 0. The van der Waals surface area contributed by atoms with E-state index in [1.54, 1.807) is 0 Å². The number of rotatable bonds is 5. The fraction of sp³-hybridized carbons (Fsp3) is 0.400. The van der Waals surface area contributed by atoms with E-state index in [2.05, 4.69) is 54.7 Å². The van der Waals surface area contributed by atoms with Crippen LogP contribution >= 0.6 is 0 Å². The molecule has 18 heavy (non-hydrogen) atoms. The monoisotopic (exact) mass is 243 g/mol. The molecule has 1 N–H and O–H groups in total. The Bertz CT molecular complexity index is 514. The molecule has 0 saturated heterocycles. The molecule has 1 aromatic heterocycles. The first kappa shape index (κ1) is 12.8. The third-order valence-electron chi connectivity index (χ3n) is 3.02. The Kier molecular flexibility index (Phi) is 4.15. The van der Waals surface area contributed by atoms with Crippen molar-refractivity contribution in [1.29, 1.82) is 0 Å². The summed E-state index contributed by atoms with van der Waals surface area (Å²) in [5.41, 5.74) is 4.90. The van der Waals surface area contributed by atoms with Gasteiger partial charge in [-0.25, -0.2) is 0 Å². The molecule has 3 nitrogen and oxygen atoms in total. The first-order chi connectivity index (χ1) is 8.74. The lowest BCUT2D eigenvalue weighted by atomic mass is 10.0. The molecule has 0 aliphatic carbocycles. The van der Waals surface area contributed by atoms with E-state index in [4.69, 9.17) is 0 Å². The van der Waals surface area contributed by atoms with Gasteiger partial charge < -0.3 is 5.32 Å². The van der Waals surface area contributed by atoms with E-state index < -0.39 is 0 Å². The first-order valence-electron chi connectivity index (χ1n) is 6.52. The molecule has 2 rings (SSSR count). The lowest BCUT2D eigenvalue weighted by molar-refractivity contribution is 0.598. The predicted octanol–water partition coefficient (Wildman–Crippen LogP) is 2.99. The van der Waals surface area contributed by atoms with Crippen molar-refractivity contribution in [3.05, 3.63) is 41.7 Å².